The third-order valence-corrected chi connectivity index (χ3v) is 3.77. The maximum Gasteiger partial charge on any atom is 0.242 e. The zero-order valence-corrected chi connectivity index (χ0v) is 12.4. The zero-order chi connectivity index (χ0) is 14.4. The molecule has 1 unspecified atom stereocenters. The summed E-state index contributed by atoms with van der Waals surface area (Å²) in [5.74, 6) is 0.106. The molecule has 20 heavy (non-hydrogen) atoms. The number of anilines is 1. The maximum atomic E-state index is 12.3. The van der Waals surface area contributed by atoms with Crippen LogP contribution in [-0.4, -0.2) is 30.0 Å². The second-order valence-corrected chi connectivity index (χ2v) is 5.57. The van der Waals surface area contributed by atoms with Crippen LogP contribution in [0.25, 0.3) is 0 Å². The molecule has 3 N–H and O–H groups in total. The van der Waals surface area contributed by atoms with Crippen molar-refractivity contribution in [2.45, 2.75) is 31.7 Å². The van der Waals surface area contributed by atoms with Crippen molar-refractivity contribution in [2.24, 2.45) is 5.73 Å². The van der Waals surface area contributed by atoms with Gasteiger partial charge < -0.3 is 16.0 Å². The Balaban J connectivity index is 2.20. The Labute approximate surface area is 125 Å². The van der Waals surface area contributed by atoms with Gasteiger partial charge in [-0.2, -0.15) is 0 Å². The van der Waals surface area contributed by atoms with E-state index in [9.17, 15) is 4.79 Å². The Hall–Kier alpha value is -1.62. The van der Waals surface area contributed by atoms with Gasteiger partial charge in [-0.05, 0) is 31.4 Å². The van der Waals surface area contributed by atoms with Gasteiger partial charge in [0, 0.05) is 25.2 Å². The molecule has 0 saturated carbocycles. The molecule has 1 aliphatic rings. The van der Waals surface area contributed by atoms with Crippen molar-refractivity contribution in [1.82, 2.24) is 5.32 Å². The Kier molecular flexibility index (Phi) is 5.35. The van der Waals surface area contributed by atoms with E-state index >= 15 is 0 Å². The highest BCUT2D eigenvalue weighted by atomic mass is 32.1. The molecule has 4 nitrogen and oxygen atoms in total. The van der Waals surface area contributed by atoms with E-state index in [-0.39, 0.29) is 11.9 Å². The summed E-state index contributed by atoms with van der Waals surface area (Å²) in [5, 5.41) is 2.99. The third-order valence-electron chi connectivity index (χ3n) is 3.57. The van der Waals surface area contributed by atoms with E-state index in [2.05, 4.69) is 10.2 Å². The quantitative estimate of drug-likeness (QED) is 0.813. The number of rotatable bonds is 5. The smallest absolute Gasteiger partial charge is 0.242 e. The van der Waals surface area contributed by atoms with Crippen LogP contribution in [0.1, 0.15) is 25.7 Å². The van der Waals surface area contributed by atoms with Crippen molar-refractivity contribution >= 4 is 28.8 Å². The maximum absolute atomic E-state index is 12.3. The molecule has 108 valence electrons. The number of hydrogen-bond acceptors (Lipinski definition) is 3. The third kappa shape index (κ3) is 3.93. The van der Waals surface area contributed by atoms with Crippen molar-refractivity contribution in [3.63, 3.8) is 0 Å². The molecule has 2 rings (SSSR count). The van der Waals surface area contributed by atoms with E-state index in [1.54, 1.807) is 0 Å². The minimum absolute atomic E-state index is 0.106. The Morgan fingerprint density at radius 2 is 2.10 bits per heavy atom. The zero-order valence-electron chi connectivity index (χ0n) is 11.5. The van der Waals surface area contributed by atoms with Crippen LogP contribution >= 0.6 is 12.2 Å². The summed E-state index contributed by atoms with van der Waals surface area (Å²) in [4.78, 5) is 14.9. The van der Waals surface area contributed by atoms with Crippen LogP contribution in [0.3, 0.4) is 0 Å². The first kappa shape index (κ1) is 14.8. The lowest BCUT2D eigenvalue weighted by molar-refractivity contribution is -0.122. The summed E-state index contributed by atoms with van der Waals surface area (Å²) >= 11 is 4.97. The number of nitrogens with two attached hydrogens (primary N) is 1. The molecule has 0 spiro atoms. The van der Waals surface area contributed by atoms with Gasteiger partial charge in [0.15, 0.2) is 0 Å². The van der Waals surface area contributed by atoms with Crippen molar-refractivity contribution < 1.29 is 4.79 Å². The van der Waals surface area contributed by atoms with Crippen molar-refractivity contribution in [2.75, 3.05) is 18.0 Å². The number of hydrogen-bond donors (Lipinski definition) is 2. The molecule has 0 radical (unpaired) electrons. The normalized spacial score (nSPS) is 19.0. The summed E-state index contributed by atoms with van der Waals surface area (Å²) in [5.41, 5.74) is 6.67. The van der Waals surface area contributed by atoms with Crippen LogP contribution in [0.15, 0.2) is 30.3 Å². The number of thiocarbonyl (C=S) groups is 1. The largest absolute Gasteiger partial charge is 0.393 e. The molecule has 5 heteroatoms. The summed E-state index contributed by atoms with van der Waals surface area (Å²) < 4.78 is 0. The van der Waals surface area contributed by atoms with Crippen LogP contribution in [0, 0.1) is 0 Å². The molecule has 0 aliphatic carbocycles. The van der Waals surface area contributed by atoms with Crippen LogP contribution < -0.4 is 16.0 Å². The Morgan fingerprint density at radius 3 is 2.80 bits per heavy atom. The SMILES string of the molecule is NC(=S)CCN(c1ccccc1)C1CCCCNC1=O. The van der Waals surface area contributed by atoms with E-state index in [4.69, 9.17) is 18.0 Å². The first-order valence-corrected chi connectivity index (χ1v) is 7.47. The average molecular weight is 291 g/mol. The molecule has 1 heterocycles. The molecule has 1 aliphatic heterocycles. The fourth-order valence-electron chi connectivity index (χ4n) is 2.54. The number of carbonyl (C=O) groups is 1. The van der Waals surface area contributed by atoms with E-state index in [0.29, 0.717) is 18.0 Å². The highest BCUT2D eigenvalue weighted by molar-refractivity contribution is 7.80. The average Bonchev–Trinajstić information content (AvgIpc) is 2.65. The molecular formula is C15H21N3OS. The van der Waals surface area contributed by atoms with Crippen LogP contribution in [0.4, 0.5) is 5.69 Å². The summed E-state index contributed by atoms with van der Waals surface area (Å²) in [6, 6.07) is 9.86. The predicted octanol–water partition coefficient (Wildman–Crippen LogP) is 1.84. The summed E-state index contributed by atoms with van der Waals surface area (Å²) in [6.07, 6.45) is 3.59. The molecule has 1 aromatic carbocycles. The van der Waals surface area contributed by atoms with E-state index in [1.807, 2.05) is 30.3 Å². The number of carbonyl (C=O) groups excluding carboxylic acids is 1. The number of para-hydroxylation sites is 1. The minimum Gasteiger partial charge on any atom is -0.393 e. The van der Waals surface area contributed by atoms with Gasteiger partial charge in [0.05, 0.1) is 4.99 Å². The lowest BCUT2D eigenvalue weighted by Gasteiger charge is -2.32. The van der Waals surface area contributed by atoms with Gasteiger partial charge in [-0.25, -0.2) is 0 Å². The van der Waals surface area contributed by atoms with Crippen LogP contribution in [0.5, 0.6) is 0 Å². The fraction of sp³-hybridized carbons (Fsp3) is 0.467. The van der Waals surface area contributed by atoms with Gasteiger partial charge in [-0.1, -0.05) is 30.4 Å². The predicted molar refractivity (Wildman–Crippen MR) is 85.8 cm³/mol. The van der Waals surface area contributed by atoms with Gasteiger partial charge >= 0.3 is 0 Å². The lowest BCUT2D eigenvalue weighted by atomic mass is 10.1. The van der Waals surface area contributed by atoms with Gasteiger partial charge in [0.1, 0.15) is 6.04 Å². The lowest BCUT2D eigenvalue weighted by Crippen LogP contribution is -2.47. The van der Waals surface area contributed by atoms with Crippen LogP contribution in [0.2, 0.25) is 0 Å². The van der Waals surface area contributed by atoms with Gasteiger partial charge in [-0.15, -0.1) is 0 Å². The first-order chi connectivity index (χ1) is 9.68. The van der Waals surface area contributed by atoms with E-state index in [0.717, 1.165) is 31.5 Å². The Morgan fingerprint density at radius 1 is 1.35 bits per heavy atom. The molecule has 1 atom stereocenters. The number of nitrogens with one attached hydrogen (secondary N) is 1. The second kappa shape index (κ2) is 7.24. The minimum atomic E-state index is -0.130. The van der Waals surface area contributed by atoms with Crippen molar-refractivity contribution in [1.29, 1.82) is 0 Å². The standard InChI is InChI=1S/C15H21N3OS/c16-14(20)9-11-18(12-6-2-1-3-7-12)13-8-4-5-10-17-15(13)19/h1-3,6-7,13H,4-5,8-11H2,(H2,16,20)(H,17,19). The molecule has 0 bridgehead atoms. The molecule has 1 aromatic rings. The van der Waals surface area contributed by atoms with E-state index in [1.165, 1.54) is 0 Å². The molecule has 1 amide bonds. The number of nitrogens with zero attached hydrogens (tertiary/aromatic N) is 1. The number of benzene rings is 1. The van der Waals surface area contributed by atoms with Gasteiger partial charge in [-0.3, -0.25) is 4.79 Å². The Bertz CT molecular complexity index is 463. The molecule has 1 fully saturated rings. The monoisotopic (exact) mass is 291 g/mol. The van der Waals surface area contributed by atoms with Gasteiger partial charge in [0.25, 0.3) is 0 Å². The van der Waals surface area contributed by atoms with Crippen LogP contribution in [-0.2, 0) is 4.79 Å². The van der Waals surface area contributed by atoms with Gasteiger partial charge in [0.2, 0.25) is 5.91 Å². The highest BCUT2D eigenvalue weighted by Gasteiger charge is 2.27. The molecule has 0 aromatic heterocycles. The summed E-state index contributed by atoms with van der Waals surface area (Å²) in [6.45, 7) is 1.45. The molecular weight excluding hydrogens is 270 g/mol. The second-order valence-electron chi connectivity index (χ2n) is 5.05. The van der Waals surface area contributed by atoms with E-state index < -0.39 is 0 Å². The first-order valence-electron chi connectivity index (χ1n) is 7.06. The van der Waals surface area contributed by atoms with Crippen molar-refractivity contribution in [3.8, 4) is 0 Å². The summed E-state index contributed by atoms with van der Waals surface area (Å²) in [7, 11) is 0. The number of amides is 1. The van der Waals surface area contributed by atoms with Crippen molar-refractivity contribution in [3.05, 3.63) is 30.3 Å². The fourth-order valence-corrected chi connectivity index (χ4v) is 2.63. The topological polar surface area (TPSA) is 58.4 Å². The highest BCUT2D eigenvalue weighted by Crippen LogP contribution is 2.21. The molecule has 1 saturated heterocycles.